The number of hydrogen-bond donors (Lipinski definition) is 3. The fraction of sp³-hybridized carbons (Fsp3) is 0.381. The molecule has 1 aliphatic heterocycles. The lowest BCUT2D eigenvalue weighted by Gasteiger charge is -2.32. The first-order valence-corrected chi connectivity index (χ1v) is 10.2. The van der Waals surface area contributed by atoms with Crippen molar-refractivity contribution in [3.05, 3.63) is 51.7 Å². The van der Waals surface area contributed by atoms with Gasteiger partial charge in [0.05, 0.1) is 24.2 Å². The van der Waals surface area contributed by atoms with Gasteiger partial charge in [0, 0.05) is 36.1 Å². The summed E-state index contributed by atoms with van der Waals surface area (Å²) in [4.78, 5) is 46.6. The molecule has 1 fully saturated rings. The number of carbonyl (C=O) groups excluding carboxylic acids is 2. The van der Waals surface area contributed by atoms with Gasteiger partial charge in [0.2, 0.25) is 11.8 Å². The molecule has 1 atom stereocenters. The molecule has 162 valence electrons. The number of fused-ring (bicyclic) bond motifs is 1. The summed E-state index contributed by atoms with van der Waals surface area (Å²) in [6, 6.07) is 5.04. The van der Waals surface area contributed by atoms with Crippen molar-refractivity contribution in [1.29, 1.82) is 0 Å². The molecule has 0 aromatic carbocycles. The molecule has 10 nitrogen and oxygen atoms in total. The van der Waals surface area contributed by atoms with E-state index in [2.05, 4.69) is 20.4 Å². The predicted molar refractivity (Wildman–Crippen MR) is 116 cm³/mol. The topological polar surface area (TPSA) is 138 Å². The third-order valence-corrected chi connectivity index (χ3v) is 5.72. The van der Waals surface area contributed by atoms with Crippen LogP contribution in [0.1, 0.15) is 29.8 Å². The first-order valence-electron chi connectivity index (χ1n) is 10.2. The standard InChI is InChI=1S/C21H25N7O3/c1-12-16(13(2)28-18(24-12)9-20(30)26-28)8-19(29)25-15-5-6-17(23-10-15)27-7-3-4-14(11-27)21(22)31/h5-6,9-10,14H,3-4,7-8,11H2,1-2H3,(H2,22,31)(H,25,29)(H,26,30). The number of pyridine rings is 1. The van der Waals surface area contributed by atoms with Gasteiger partial charge in [-0.1, -0.05) is 0 Å². The fourth-order valence-electron chi connectivity index (χ4n) is 4.04. The monoisotopic (exact) mass is 423 g/mol. The van der Waals surface area contributed by atoms with Crippen LogP contribution in [0.15, 0.2) is 29.2 Å². The maximum Gasteiger partial charge on any atom is 0.266 e. The Labute approximate surface area is 178 Å². The molecule has 0 bridgehead atoms. The van der Waals surface area contributed by atoms with Crippen molar-refractivity contribution in [3.63, 3.8) is 0 Å². The highest BCUT2D eigenvalue weighted by molar-refractivity contribution is 5.92. The van der Waals surface area contributed by atoms with Gasteiger partial charge in [0.25, 0.3) is 5.56 Å². The van der Waals surface area contributed by atoms with Gasteiger partial charge >= 0.3 is 0 Å². The number of rotatable bonds is 5. The maximum atomic E-state index is 12.6. The summed E-state index contributed by atoms with van der Waals surface area (Å²) in [6.07, 6.45) is 3.41. The molecule has 10 heteroatoms. The van der Waals surface area contributed by atoms with Gasteiger partial charge in [-0.15, -0.1) is 0 Å². The van der Waals surface area contributed by atoms with Gasteiger partial charge in [0.1, 0.15) is 5.82 Å². The van der Waals surface area contributed by atoms with Crippen molar-refractivity contribution in [1.82, 2.24) is 19.6 Å². The molecule has 0 aliphatic carbocycles. The number of carbonyl (C=O) groups is 2. The lowest BCUT2D eigenvalue weighted by atomic mass is 9.97. The number of nitrogens with one attached hydrogen (secondary N) is 2. The molecule has 3 aromatic heterocycles. The number of piperidine rings is 1. The van der Waals surface area contributed by atoms with E-state index in [4.69, 9.17) is 5.73 Å². The Kier molecular flexibility index (Phi) is 5.45. The minimum absolute atomic E-state index is 0.120. The predicted octanol–water partition coefficient (Wildman–Crippen LogP) is 0.917. The molecule has 4 heterocycles. The SMILES string of the molecule is Cc1nc2cc(=O)[nH]n2c(C)c1CC(=O)Nc1ccc(N2CCCC(C(N)=O)C2)nc1. The van der Waals surface area contributed by atoms with Crippen LogP contribution >= 0.6 is 0 Å². The molecule has 31 heavy (non-hydrogen) atoms. The van der Waals surface area contributed by atoms with Crippen molar-refractivity contribution in [3.8, 4) is 0 Å². The molecule has 4 N–H and O–H groups in total. The Morgan fingerprint density at radius 1 is 1.32 bits per heavy atom. The number of nitrogens with two attached hydrogens (primary N) is 1. The first-order chi connectivity index (χ1) is 14.8. The summed E-state index contributed by atoms with van der Waals surface area (Å²) in [5.41, 5.74) is 8.54. The second-order valence-electron chi connectivity index (χ2n) is 7.89. The molecule has 0 radical (unpaired) electrons. The number of primary amides is 1. The van der Waals surface area contributed by atoms with Gasteiger partial charge in [-0.05, 0) is 38.8 Å². The summed E-state index contributed by atoms with van der Waals surface area (Å²) in [7, 11) is 0. The van der Waals surface area contributed by atoms with E-state index in [9.17, 15) is 14.4 Å². The molecular formula is C21H25N7O3. The lowest BCUT2D eigenvalue weighted by molar-refractivity contribution is -0.122. The van der Waals surface area contributed by atoms with Crippen LogP contribution in [0.5, 0.6) is 0 Å². The highest BCUT2D eigenvalue weighted by Gasteiger charge is 2.24. The van der Waals surface area contributed by atoms with Gasteiger partial charge in [-0.3, -0.25) is 19.5 Å². The van der Waals surface area contributed by atoms with Crippen LogP contribution < -0.4 is 21.5 Å². The second-order valence-corrected chi connectivity index (χ2v) is 7.89. The van der Waals surface area contributed by atoms with E-state index in [0.29, 0.717) is 23.6 Å². The van der Waals surface area contributed by atoms with Crippen LogP contribution in [-0.2, 0) is 16.0 Å². The first kappa shape index (κ1) is 20.6. The Hall–Kier alpha value is -3.69. The minimum Gasteiger partial charge on any atom is -0.369 e. The van der Waals surface area contributed by atoms with Crippen molar-refractivity contribution >= 4 is 29.0 Å². The highest BCUT2D eigenvalue weighted by Crippen LogP contribution is 2.22. The Morgan fingerprint density at radius 2 is 2.13 bits per heavy atom. The molecule has 1 unspecified atom stereocenters. The van der Waals surface area contributed by atoms with Crippen LogP contribution in [-0.4, -0.2) is 44.5 Å². The van der Waals surface area contributed by atoms with E-state index in [0.717, 1.165) is 36.5 Å². The van der Waals surface area contributed by atoms with Crippen LogP contribution in [0.4, 0.5) is 11.5 Å². The van der Waals surface area contributed by atoms with E-state index in [1.807, 2.05) is 24.8 Å². The van der Waals surface area contributed by atoms with Crippen LogP contribution in [0.25, 0.3) is 5.65 Å². The summed E-state index contributed by atoms with van der Waals surface area (Å²) in [5.74, 6) is 0.100. The van der Waals surface area contributed by atoms with Gasteiger partial charge in [-0.2, -0.15) is 0 Å². The number of anilines is 2. The van der Waals surface area contributed by atoms with Crippen molar-refractivity contribution in [2.75, 3.05) is 23.3 Å². The summed E-state index contributed by atoms with van der Waals surface area (Å²) < 4.78 is 1.59. The number of aromatic nitrogens is 4. The van der Waals surface area contributed by atoms with Gasteiger partial charge < -0.3 is 16.0 Å². The van der Waals surface area contributed by atoms with E-state index < -0.39 is 0 Å². The van der Waals surface area contributed by atoms with E-state index >= 15 is 0 Å². The quantitative estimate of drug-likeness (QED) is 0.558. The Bertz CT molecular complexity index is 1200. The van der Waals surface area contributed by atoms with E-state index in [1.54, 1.807) is 16.8 Å². The summed E-state index contributed by atoms with van der Waals surface area (Å²) in [6.45, 7) is 5.04. The minimum atomic E-state index is -0.282. The van der Waals surface area contributed by atoms with Crippen LogP contribution in [0, 0.1) is 19.8 Å². The van der Waals surface area contributed by atoms with Crippen molar-refractivity contribution in [2.45, 2.75) is 33.1 Å². The third kappa shape index (κ3) is 4.27. The third-order valence-electron chi connectivity index (χ3n) is 5.72. The normalized spacial score (nSPS) is 16.5. The average Bonchev–Trinajstić information content (AvgIpc) is 3.12. The molecule has 1 aliphatic rings. The molecule has 0 saturated carbocycles. The lowest BCUT2D eigenvalue weighted by Crippen LogP contribution is -2.41. The fourth-order valence-corrected chi connectivity index (χ4v) is 4.04. The van der Waals surface area contributed by atoms with Crippen molar-refractivity contribution < 1.29 is 9.59 Å². The molecule has 1 saturated heterocycles. The Morgan fingerprint density at radius 3 is 2.84 bits per heavy atom. The number of aryl methyl sites for hydroxylation is 2. The largest absolute Gasteiger partial charge is 0.369 e. The average molecular weight is 423 g/mol. The van der Waals surface area contributed by atoms with Gasteiger partial charge in [-0.25, -0.2) is 14.5 Å². The molecule has 4 rings (SSSR count). The molecule has 3 aromatic rings. The zero-order valence-electron chi connectivity index (χ0n) is 17.5. The number of amides is 2. The number of aromatic amines is 1. The van der Waals surface area contributed by atoms with Crippen molar-refractivity contribution in [2.24, 2.45) is 11.7 Å². The maximum absolute atomic E-state index is 12.6. The van der Waals surface area contributed by atoms with E-state index in [1.165, 1.54) is 6.07 Å². The number of H-pyrrole nitrogens is 1. The van der Waals surface area contributed by atoms with E-state index in [-0.39, 0.29) is 29.7 Å². The molecule has 2 amide bonds. The summed E-state index contributed by atoms with van der Waals surface area (Å²) in [5, 5.41) is 5.54. The number of nitrogens with zero attached hydrogens (tertiary/aromatic N) is 4. The number of hydrogen-bond acceptors (Lipinski definition) is 6. The van der Waals surface area contributed by atoms with Crippen LogP contribution in [0.3, 0.4) is 0 Å². The zero-order valence-corrected chi connectivity index (χ0v) is 17.5. The van der Waals surface area contributed by atoms with Crippen LogP contribution in [0.2, 0.25) is 0 Å². The summed E-state index contributed by atoms with van der Waals surface area (Å²) >= 11 is 0. The Balaban J connectivity index is 1.44. The van der Waals surface area contributed by atoms with Gasteiger partial charge in [0.15, 0.2) is 5.65 Å². The molecule has 0 spiro atoms. The second kappa shape index (κ2) is 8.21. The smallest absolute Gasteiger partial charge is 0.266 e. The highest BCUT2D eigenvalue weighted by atomic mass is 16.2. The zero-order chi connectivity index (χ0) is 22.1. The molecular weight excluding hydrogens is 398 g/mol.